The number of ether oxygens (including phenoxy) is 2. The summed E-state index contributed by atoms with van der Waals surface area (Å²) in [6.07, 6.45) is 0. The minimum Gasteiger partial charge on any atom is -0.497 e. The summed E-state index contributed by atoms with van der Waals surface area (Å²) in [6.45, 7) is -0.0211. The Labute approximate surface area is 145 Å². The average molecular weight is 485 g/mol. The van der Waals surface area contributed by atoms with Gasteiger partial charge in [0.25, 0.3) is 0 Å². The molecule has 0 bridgehead atoms. The molecule has 0 aliphatic carbocycles. The van der Waals surface area contributed by atoms with E-state index in [2.05, 4.69) is 47.8 Å². The second-order valence-electron chi connectivity index (χ2n) is 3.75. The van der Waals surface area contributed by atoms with Gasteiger partial charge in [-0.2, -0.15) is 0 Å². The number of rotatable bonds is 5. The predicted octanol–water partition coefficient (Wildman–Crippen LogP) is 5.31. The first-order chi connectivity index (χ1) is 9.51. The van der Waals surface area contributed by atoms with E-state index in [1.54, 1.807) is 31.4 Å². The van der Waals surface area contributed by atoms with Crippen molar-refractivity contribution < 1.29 is 14.3 Å². The van der Waals surface area contributed by atoms with Crippen molar-refractivity contribution in [2.75, 3.05) is 13.7 Å². The van der Waals surface area contributed by atoms with E-state index < -0.39 is 0 Å². The number of halogens is 3. The monoisotopic (exact) mass is 482 g/mol. The fraction of sp³-hybridized carbons (Fsp3) is 0.154. The molecule has 1 heterocycles. The molecule has 0 N–H and O–H groups in total. The van der Waals surface area contributed by atoms with Gasteiger partial charge in [0.05, 0.1) is 19.2 Å². The molecule has 20 heavy (non-hydrogen) atoms. The van der Waals surface area contributed by atoms with Crippen LogP contribution in [0.4, 0.5) is 0 Å². The van der Waals surface area contributed by atoms with E-state index >= 15 is 0 Å². The predicted molar refractivity (Wildman–Crippen MR) is 90.2 cm³/mol. The first-order valence-corrected chi connectivity index (χ1v) is 8.65. The van der Waals surface area contributed by atoms with Crippen molar-refractivity contribution in [3.05, 3.63) is 41.9 Å². The molecule has 0 amide bonds. The number of carbonyl (C=O) groups excluding carboxylic acids is 1. The molecule has 0 aliphatic heterocycles. The third kappa shape index (κ3) is 3.84. The molecule has 7 heteroatoms. The number of ketones is 1. The molecular weight excluding hydrogens is 476 g/mol. The lowest BCUT2D eigenvalue weighted by Crippen LogP contribution is -2.11. The fourth-order valence-corrected chi connectivity index (χ4v) is 4.80. The number of hydrogen-bond acceptors (Lipinski definition) is 4. The lowest BCUT2D eigenvalue weighted by atomic mass is 10.2. The number of hydrogen-bond donors (Lipinski definition) is 0. The quantitative estimate of drug-likeness (QED) is 0.540. The Kier molecular flexibility index (Phi) is 5.65. The van der Waals surface area contributed by atoms with Crippen molar-refractivity contribution >= 4 is 64.9 Å². The summed E-state index contributed by atoms with van der Waals surface area (Å²) in [6, 6.07) is 7.11. The minimum absolute atomic E-state index is 0.0211. The van der Waals surface area contributed by atoms with E-state index in [1.165, 1.54) is 11.3 Å². The Morgan fingerprint density at radius 1 is 1.25 bits per heavy atom. The Morgan fingerprint density at radius 2 is 2.00 bits per heavy atom. The number of methoxy groups -OCH3 is 1. The summed E-state index contributed by atoms with van der Waals surface area (Å²) < 4.78 is 13.1. The van der Waals surface area contributed by atoms with Gasteiger partial charge in [-0.05, 0) is 72.1 Å². The highest BCUT2D eigenvalue weighted by molar-refractivity contribution is 9.12. The average Bonchev–Trinajstić information content (AvgIpc) is 2.76. The molecule has 2 rings (SSSR count). The summed E-state index contributed by atoms with van der Waals surface area (Å²) in [4.78, 5) is 12.1. The van der Waals surface area contributed by atoms with Crippen LogP contribution >= 0.6 is 59.1 Å². The molecule has 0 aliphatic rings. The van der Waals surface area contributed by atoms with E-state index in [0.29, 0.717) is 11.3 Å². The molecule has 2 aromatic rings. The van der Waals surface area contributed by atoms with Crippen LogP contribution in [-0.4, -0.2) is 19.5 Å². The van der Waals surface area contributed by atoms with Crippen molar-refractivity contribution in [3.8, 4) is 11.5 Å². The lowest BCUT2D eigenvalue weighted by Gasteiger charge is -2.08. The molecule has 0 saturated heterocycles. The van der Waals surface area contributed by atoms with Crippen LogP contribution in [0.2, 0.25) is 0 Å². The Hall–Kier alpha value is -0.370. The Balaban J connectivity index is 2.05. The van der Waals surface area contributed by atoms with E-state index in [-0.39, 0.29) is 12.4 Å². The summed E-state index contributed by atoms with van der Waals surface area (Å²) >= 11 is 11.6. The van der Waals surface area contributed by atoms with Crippen molar-refractivity contribution in [1.29, 1.82) is 0 Å². The summed E-state index contributed by atoms with van der Waals surface area (Å²) in [5, 5.41) is 0. The van der Waals surface area contributed by atoms with Gasteiger partial charge in [-0.15, -0.1) is 11.3 Å². The van der Waals surface area contributed by atoms with Gasteiger partial charge >= 0.3 is 0 Å². The number of thiophene rings is 1. The molecule has 1 aromatic heterocycles. The molecule has 0 fully saturated rings. The SMILES string of the molecule is COc1ccc(OCC(=O)c2cc(Br)sc2Br)c(Br)c1. The first kappa shape index (κ1) is 16.0. The summed E-state index contributed by atoms with van der Waals surface area (Å²) in [5.74, 6) is 1.24. The van der Waals surface area contributed by atoms with Gasteiger partial charge in [-0.1, -0.05) is 0 Å². The molecule has 0 unspecified atom stereocenters. The highest BCUT2D eigenvalue weighted by atomic mass is 79.9. The van der Waals surface area contributed by atoms with Crippen LogP contribution < -0.4 is 9.47 Å². The largest absolute Gasteiger partial charge is 0.497 e. The summed E-state index contributed by atoms with van der Waals surface area (Å²) in [5.41, 5.74) is 0.617. The van der Waals surface area contributed by atoms with Crippen LogP contribution in [0.15, 0.2) is 36.3 Å². The van der Waals surface area contributed by atoms with Crippen molar-refractivity contribution in [2.45, 2.75) is 0 Å². The van der Waals surface area contributed by atoms with Gasteiger partial charge < -0.3 is 9.47 Å². The van der Waals surface area contributed by atoms with Crippen molar-refractivity contribution in [3.63, 3.8) is 0 Å². The maximum atomic E-state index is 12.1. The molecule has 0 radical (unpaired) electrons. The van der Waals surface area contributed by atoms with Crippen LogP contribution in [-0.2, 0) is 0 Å². The van der Waals surface area contributed by atoms with Gasteiger partial charge in [-0.3, -0.25) is 4.79 Å². The maximum Gasteiger partial charge on any atom is 0.202 e. The fourth-order valence-electron chi connectivity index (χ4n) is 1.48. The number of carbonyl (C=O) groups is 1. The Bertz CT molecular complexity index is 640. The topological polar surface area (TPSA) is 35.5 Å². The number of Topliss-reactive ketones (excluding diaryl/α,β-unsaturated/α-hetero) is 1. The van der Waals surface area contributed by atoms with E-state index in [9.17, 15) is 4.79 Å². The van der Waals surface area contributed by atoms with Gasteiger partial charge in [-0.25, -0.2) is 0 Å². The van der Waals surface area contributed by atoms with Crippen LogP contribution in [0.25, 0.3) is 0 Å². The molecular formula is C13H9Br3O3S. The van der Waals surface area contributed by atoms with Crippen LogP contribution in [0, 0.1) is 0 Å². The van der Waals surface area contributed by atoms with Crippen LogP contribution in [0.1, 0.15) is 10.4 Å². The van der Waals surface area contributed by atoms with Crippen LogP contribution in [0.3, 0.4) is 0 Å². The zero-order chi connectivity index (χ0) is 14.7. The maximum absolute atomic E-state index is 12.1. The van der Waals surface area contributed by atoms with Gasteiger partial charge in [0.1, 0.15) is 11.5 Å². The Morgan fingerprint density at radius 3 is 2.55 bits per heavy atom. The molecule has 3 nitrogen and oxygen atoms in total. The molecule has 0 saturated carbocycles. The molecule has 0 atom stereocenters. The van der Waals surface area contributed by atoms with E-state index in [1.807, 2.05) is 0 Å². The van der Waals surface area contributed by atoms with E-state index in [4.69, 9.17) is 9.47 Å². The molecule has 0 spiro atoms. The second-order valence-corrected chi connectivity index (χ2v) is 8.35. The highest BCUT2D eigenvalue weighted by Crippen LogP contribution is 2.33. The first-order valence-electron chi connectivity index (χ1n) is 5.45. The van der Waals surface area contributed by atoms with Gasteiger partial charge in [0.15, 0.2) is 6.61 Å². The standard InChI is InChI=1S/C13H9Br3O3S/c1-18-7-2-3-11(9(14)4-7)19-6-10(17)8-5-12(15)20-13(8)16/h2-5H,6H2,1H3. The van der Waals surface area contributed by atoms with Crippen LogP contribution in [0.5, 0.6) is 11.5 Å². The summed E-state index contributed by atoms with van der Waals surface area (Å²) in [7, 11) is 1.60. The van der Waals surface area contributed by atoms with E-state index in [0.717, 1.165) is 17.8 Å². The highest BCUT2D eigenvalue weighted by Gasteiger charge is 2.15. The lowest BCUT2D eigenvalue weighted by molar-refractivity contribution is 0.0920. The third-order valence-electron chi connectivity index (χ3n) is 2.45. The smallest absolute Gasteiger partial charge is 0.202 e. The third-order valence-corrected chi connectivity index (χ3v) is 5.41. The van der Waals surface area contributed by atoms with Crippen molar-refractivity contribution in [2.24, 2.45) is 0 Å². The van der Waals surface area contributed by atoms with Gasteiger partial charge in [0, 0.05) is 5.56 Å². The van der Waals surface area contributed by atoms with Gasteiger partial charge in [0.2, 0.25) is 5.78 Å². The number of benzene rings is 1. The normalized spacial score (nSPS) is 10.4. The van der Waals surface area contributed by atoms with Crippen molar-refractivity contribution in [1.82, 2.24) is 0 Å². The zero-order valence-corrected chi connectivity index (χ0v) is 15.9. The molecule has 106 valence electrons. The second kappa shape index (κ2) is 7.06. The minimum atomic E-state index is -0.0819. The zero-order valence-electron chi connectivity index (χ0n) is 10.3. The molecule has 1 aromatic carbocycles.